The number of benzene rings is 4. The first-order valence-electron chi connectivity index (χ1n) is 21.2. The maximum Gasteiger partial charge on any atom is 0.235 e. The summed E-state index contributed by atoms with van der Waals surface area (Å²) >= 11 is 19.9. The fraction of sp³-hybridized carbons (Fsp3) is 0.426. The number of hydrogen-bond donors (Lipinski definition) is 1. The van der Waals surface area contributed by atoms with Crippen LogP contribution < -0.4 is 0 Å². The lowest BCUT2D eigenvalue weighted by atomic mass is 9.94. The summed E-state index contributed by atoms with van der Waals surface area (Å²) in [6.07, 6.45) is -1.60. The van der Waals surface area contributed by atoms with Gasteiger partial charge in [0, 0.05) is 40.6 Å². The zero-order valence-corrected chi connectivity index (χ0v) is 39.0. The van der Waals surface area contributed by atoms with Gasteiger partial charge in [0.25, 0.3) is 0 Å². The second-order valence-corrected chi connectivity index (χ2v) is 19.2. The van der Waals surface area contributed by atoms with Crippen molar-refractivity contribution in [3.8, 4) is 11.3 Å². The number of hydrogen-bond acceptors (Lipinski definition) is 10. The molecule has 0 bridgehead atoms. The van der Waals surface area contributed by atoms with E-state index in [0.29, 0.717) is 28.0 Å². The van der Waals surface area contributed by atoms with Gasteiger partial charge in [0.15, 0.2) is 23.7 Å². The van der Waals surface area contributed by atoms with Crippen LogP contribution in [-0.2, 0) is 48.3 Å². The molecule has 1 amide bonds. The van der Waals surface area contributed by atoms with Gasteiger partial charge >= 0.3 is 0 Å². The van der Waals surface area contributed by atoms with E-state index in [1.54, 1.807) is 48.3 Å². The molecule has 11 nitrogen and oxygen atoms in total. The van der Waals surface area contributed by atoms with Crippen molar-refractivity contribution in [1.29, 1.82) is 0 Å². The molecule has 2 aliphatic heterocycles. The fourth-order valence-corrected chi connectivity index (χ4v) is 9.98. The number of carbonyl (C=O) groups excluding carboxylic acids is 1. The van der Waals surface area contributed by atoms with E-state index < -0.39 is 58.8 Å². The molecule has 348 valence electrons. The van der Waals surface area contributed by atoms with Crippen LogP contribution in [0, 0.1) is 29.3 Å². The number of aromatic nitrogens is 3. The number of aliphatic hydroxyl groups excluding tert-OH is 1. The van der Waals surface area contributed by atoms with Crippen molar-refractivity contribution in [3.05, 3.63) is 140 Å². The van der Waals surface area contributed by atoms with Crippen molar-refractivity contribution in [3.63, 3.8) is 0 Å². The first-order chi connectivity index (χ1) is 31.2. The quantitative estimate of drug-likeness (QED) is 0.0851. The normalized spacial score (nSPS) is 22.8. The first kappa shape index (κ1) is 49.2. The third-order valence-corrected chi connectivity index (χ3v) is 13.4. The zero-order chi connectivity index (χ0) is 46.2. The van der Waals surface area contributed by atoms with Crippen LogP contribution in [0.2, 0.25) is 15.1 Å². The van der Waals surface area contributed by atoms with Gasteiger partial charge in [0.2, 0.25) is 5.91 Å². The molecule has 2 saturated heterocycles. The molecular weight excluding hydrogens is 928 g/mol. The van der Waals surface area contributed by atoms with Gasteiger partial charge < -0.3 is 33.7 Å². The summed E-state index contributed by atoms with van der Waals surface area (Å²) in [5.74, 6) is -4.69. The number of carbonyl (C=O) groups is 1. The van der Waals surface area contributed by atoms with Crippen LogP contribution in [0.1, 0.15) is 49.4 Å². The molecular formula is C47H50Cl3F3N4O7S. The van der Waals surface area contributed by atoms with E-state index in [1.807, 2.05) is 50.2 Å². The molecule has 0 aliphatic carbocycles. The molecule has 1 N–H and O–H groups in total. The molecule has 4 aromatic carbocycles. The number of amides is 1. The van der Waals surface area contributed by atoms with Crippen LogP contribution in [0.25, 0.3) is 11.3 Å². The van der Waals surface area contributed by atoms with Gasteiger partial charge in [0.1, 0.15) is 35.5 Å². The number of thioether (sulfide) groups is 1. The van der Waals surface area contributed by atoms with E-state index >= 15 is 0 Å². The van der Waals surface area contributed by atoms with Crippen LogP contribution >= 0.6 is 46.6 Å². The molecule has 3 heterocycles. The largest absolute Gasteiger partial charge is 0.374 e. The summed E-state index contributed by atoms with van der Waals surface area (Å²) in [5.41, 5.74) is 1.48. The zero-order valence-electron chi connectivity index (χ0n) is 35.9. The monoisotopic (exact) mass is 976 g/mol. The Morgan fingerprint density at radius 3 is 1.98 bits per heavy atom. The summed E-state index contributed by atoms with van der Waals surface area (Å²) in [6.45, 7) is 5.10. The van der Waals surface area contributed by atoms with Crippen molar-refractivity contribution in [2.45, 2.75) is 87.8 Å². The van der Waals surface area contributed by atoms with Crippen LogP contribution in [0.4, 0.5) is 13.2 Å². The molecule has 0 saturated carbocycles. The summed E-state index contributed by atoms with van der Waals surface area (Å²) in [5, 5.41) is 20.4. The molecule has 2 aliphatic rings. The van der Waals surface area contributed by atoms with Crippen molar-refractivity contribution in [1.82, 2.24) is 19.9 Å². The summed E-state index contributed by atoms with van der Waals surface area (Å²) in [7, 11) is 1.76. The fourth-order valence-electron chi connectivity index (χ4n) is 7.95. The second-order valence-electron chi connectivity index (χ2n) is 16.6. The van der Waals surface area contributed by atoms with E-state index in [9.17, 15) is 23.1 Å². The van der Waals surface area contributed by atoms with Crippen LogP contribution in [0.5, 0.6) is 0 Å². The van der Waals surface area contributed by atoms with Gasteiger partial charge in [-0.05, 0) is 83.5 Å². The van der Waals surface area contributed by atoms with Crippen LogP contribution in [0.3, 0.4) is 0 Å². The van der Waals surface area contributed by atoms with Gasteiger partial charge in [-0.1, -0.05) is 90.3 Å². The smallest absolute Gasteiger partial charge is 0.235 e. The van der Waals surface area contributed by atoms with E-state index in [-0.39, 0.29) is 68.5 Å². The van der Waals surface area contributed by atoms with Crippen molar-refractivity contribution < 1.29 is 46.8 Å². The van der Waals surface area contributed by atoms with E-state index in [0.717, 1.165) is 28.8 Å². The number of ether oxygens (including phenoxy) is 5. The number of halogens is 6. The lowest BCUT2D eigenvalue weighted by Gasteiger charge is -2.47. The minimum Gasteiger partial charge on any atom is -0.374 e. The van der Waals surface area contributed by atoms with Gasteiger partial charge in [0.05, 0.1) is 44.5 Å². The molecule has 3 unspecified atom stereocenters. The van der Waals surface area contributed by atoms with Gasteiger partial charge in [-0.3, -0.25) is 4.79 Å². The van der Waals surface area contributed by atoms with E-state index in [2.05, 4.69) is 10.3 Å². The molecule has 5 aromatic rings. The third-order valence-electron chi connectivity index (χ3n) is 11.2. The maximum atomic E-state index is 14.6. The Kier molecular flexibility index (Phi) is 17.3. The second kappa shape index (κ2) is 22.8. The van der Waals surface area contributed by atoms with Crippen LogP contribution in [-0.4, -0.2) is 93.0 Å². The third kappa shape index (κ3) is 13.0. The lowest BCUT2D eigenvalue weighted by Crippen LogP contribution is -2.58. The molecule has 2 fully saturated rings. The predicted molar refractivity (Wildman–Crippen MR) is 243 cm³/mol. The maximum absolute atomic E-state index is 14.6. The lowest BCUT2D eigenvalue weighted by molar-refractivity contribution is -0.218. The first-order valence-corrected chi connectivity index (χ1v) is 23.3. The number of aliphatic hydroxyl groups is 1. The Morgan fingerprint density at radius 1 is 0.877 bits per heavy atom. The minimum absolute atomic E-state index is 0.0108. The Labute approximate surface area is 395 Å². The van der Waals surface area contributed by atoms with E-state index in [4.69, 9.17) is 58.5 Å². The minimum atomic E-state index is -1.61. The highest BCUT2D eigenvalue weighted by atomic mass is 35.5. The van der Waals surface area contributed by atoms with Gasteiger partial charge in [-0.25, -0.2) is 17.9 Å². The Bertz CT molecular complexity index is 2310. The summed E-state index contributed by atoms with van der Waals surface area (Å²) in [6, 6.07) is 22.3. The van der Waals surface area contributed by atoms with Crippen molar-refractivity contribution in [2.75, 3.05) is 26.8 Å². The molecule has 18 heteroatoms. The highest BCUT2D eigenvalue weighted by molar-refractivity contribution is 8.01. The molecule has 65 heavy (non-hydrogen) atoms. The number of rotatable bonds is 18. The van der Waals surface area contributed by atoms with Crippen molar-refractivity contribution >= 4 is 52.5 Å². The molecule has 1 aromatic heterocycles. The summed E-state index contributed by atoms with van der Waals surface area (Å²) in [4.78, 5) is 16.3. The Morgan fingerprint density at radius 2 is 1.43 bits per heavy atom. The summed E-state index contributed by atoms with van der Waals surface area (Å²) < 4.78 is 77.6. The van der Waals surface area contributed by atoms with Gasteiger partial charge in [-0.15, -0.1) is 16.9 Å². The Hall–Kier alpha value is -3.74. The predicted octanol–water partition coefficient (Wildman–Crippen LogP) is 9.94. The average Bonchev–Trinajstić information content (AvgIpc) is 3.77. The Balaban J connectivity index is 1.34. The highest BCUT2D eigenvalue weighted by Gasteiger charge is 2.51. The molecule has 0 spiro atoms. The van der Waals surface area contributed by atoms with Crippen LogP contribution in [0.15, 0.2) is 91.1 Å². The van der Waals surface area contributed by atoms with Gasteiger partial charge in [-0.2, -0.15) is 0 Å². The number of nitrogens with zero attached hydrogens (tertiary/aromatic N) is 4. The van der Waals surface area contributed by atoms with E-state index in [1.165, 1.54) is 22.6 Å². The average molecular weight is 978 g/mol. The van der Waals surface area contributed by atoms with Crippen molar-refractivity contribution in [2.24, 2.45) is 11.8 Å². The highest BCUT2D eigenvalue weighted by Crippen LogP contribution is 2.44. The standard InChI is InChI=1S/C47H50Cl3F3N4O7S/c1-27(2)21-56(3)46(59)45(31-16-17-61-40(58)20-31)65-47-44(63-25-30-8-14-35(50)15-9-30)42(57-22-38(54-55-57)32-18-36(51)41(53)37(52)19-32)43(62-24-29-6-12-34(49)13-7-29)39(64-47)26-60-23-28-4-10-33(48)11-5-28/h4-15,18-19,22,27,31,39-40,42-45,47,58H,16-17,20-21,23-26H2,1-3H3/t31?,39-,40?,42+,43+,44-,45?,47+/m1/s1. The topological polar surface area (TPSA) is 117 Å². The molecule has 7 rings (SSSR count). The molecule has 0 radical (unpaired) electrons. The SMILES string of the molecule is CC(C)CN(C)C(=O)C(S[C@@H]1O[C@H](COCc2ccc(Cl)cc2)[C@H](OCc2ccc(Cl)cc2)[C@H](n2cc(-c3cc(F)c(F)c(F)c3)nn2)[C@H]1OCc1ccc(Cl)cc1)C1CCOC(O)C1. The molecule has 8 atom stereocenters.